The van der Waals surface area contributed by atoms with Crippen molar-refractivity contribution < 1.29 is 23.9 Å². The molecule has 30 heavy (non-hydrogen) atoms. The molecule has 2 aromatic carbocycles. The molecule has 2 N–H and O–H groups in total. The second-order valence-corrected chi connectivity index (χ2v) is 6.12. The number of carbonyl (C=O) groups excluding carboxylic acids is 3. The Morgan fingerprint density at radius 2 is 1.77 bits per heavy atom. The molecule has 154 valence electrons. The van der Waals surface area contributed by atoms with Crippen molar-refractivity contribution in [3.05, 3.63) is 72.1 Å². The molecule has 3 rings (SSSR count). The van der Waals surface area contributed by atoms with Crippen molar-refractivity contribution in [2.24, 2.45) is 0 Å². The van der Waals surface area contributed by atoms with E-state index >= 15 is 0 Å². The van der Waals surface area contributed by atoms with E-state index in [1.165, 1.54) is 20.3 Å². The fraction of sp³-hybridized carbons (Fsp3) is 0.143. The molecule has 0 saturated heterocycles. The van der Waals surface area contributed by atoms with Gasteiger partial charge in [0.2, 0.25) is 0 Å². The topological polar surface area (TPSA) is 112 Å². The summed E-state index contributed by atoms with van der Waals surface area (Å²) < 4.78 is 11.3. The first kappa shape index (κ1) is 20.6. The van der Waals surface area contributed by atoms with Crippen LogP contribution in [0.2, 0.25) is 0 Å². The van der Waals surface area contributed by atoms with Crippen LogP contribution in [0, 0.1) is 0 Å². The molecular formula is C21H20N4O5. The zero-order valence-corrected chi connectivity index (χ0v) is 16.4. The minimum atomic E-state index is -0.561. The van der Waals surface area contributed by atoms with Crippen LogP contribution in [0.3, 0.4) is 0 Å². The summed E-state index contributed by atoms with van der Waals surface area (Å²) in [5.74, 6) is -1.21. The zero-order valence-electron chi connectivity index (χ0n) is 16.4. The van der Waals surface area contributed by atoms with Crippen LogP contribution in [0.5, 0.6) is 5.75 Å². The highest BCUT2D eigenvalue weighted by atomic mass is 16.5. The molecule has 0 radical (unpaired) electrons. The minimum absolute atomic E-state index is 0.0990. The van der Waals surface area contributed by atoms with Crippen LogP contribution >= 0.6 is 0 Å². The number of ether oxygens (including phenoxy) is 2. The van der Waals surface area contributed by atoms with Crippen molar-refractivity contribution in [2.75, 3.05) is 26.1 Å². The van der Waals surface area contributed by atoms with Crippen molar-refractivity contribution in [3.8, 4) is 11.4 Å². The van der Waals surface area contributed by atoms with Gasteiger partial charge >= 0.3 is 5.97 Å². The average Bonchev–Trinajstić information content (AvgIpc) is 3.22. The first-order valence-electron chi connectivity index (χ1n) is 8.97. The van der Waals surface area contributed by atoms with Gasteiger partial charge in [0, 0.05) is 11.3 Å². The molecule has 1 aromatic heterocycles. The van der Waals surface area contributed by atoms with Gasteiger partial charge in [0.1, 0.15) is 6.54 Å². The van der Waals surface area contributed by atoms with Crippen molar-refractivity contribution >= 4 is 23.5 Å². The smallest absolute Gasteiger partial charge is 0.325 e. The summed E-state index contributed by atoms with van der Waals surface area (Å²) in [6, 6.07) is 15.6. The summed E-state index contributed by atoms with van der Waals surface area (Å²) in [7, 11) is 2.69. The van der Waals surface area contributed by atoms with Gasteiger partial charge in [-0.05, 0) is 30.3 Å². The van der Waals surface area contributed by atoms with Crippen molar-refractivity contribution in [2.45, 2.75) is 0 Å². The maximum absolute atomic E-state index is 12.7. The molecule has 0 spiro atoms. The first-order valence-corrected chi connectivity index (χ1v) is 8.97. The number of carbonyl (C=O) groups is 3. The molecule has 2 amide bonds. The lowest BCUT2D eigenvalue weighted by molar-refractivity contribution is -0.139. The summed E-state index contributed by atoms with van der Waals surface area (Å²) in [6.07, 6.45) is 1.61. The Morgan fingerprint density at radius 3 is 2.47 bits per heavy atom. The van der Waals surface area contributed by atoms with Crippen molar-refractivity contribution in [1.29, 1.82) is 0 Å². The standard InChI is InChI=1S/C21H20N4O5/c1-29-17-13-25(16-9-4-3-5-10-16)24-19(17)21(28)23-15-8-6-7-14(11-15)20(27)22-12-18(26)30-2/h3-11,13H,12H2,1-2H3,(H,22,27)(H,23,28). The second kappa shape index (κ2) is 9.37. The van der Waals surface area contributed by atoms with Crippen LogP contribution in [0.15, 0.2) is 60.8 Å². The van der Waals surface area contributed by atoms with E-state index in [0.717, 1.165) is 5.69 Å². The SMILES string of the molecule is COC(=O)CNC(=O)c1cccc(NC(=O)c2nn(-c3ccccc3)cc2OC)c1. The number of nitrogens with one attached hydrogen (secondary N) is 2. The van der Waals surface area contributed by atoms with Gasteiger partial charge < -0.3 is 20.1 Å². The predicted octanol–water partition coefficient (Wildman–Crippen LogP) is 2.04. The highest BCUT2D eigenvalue weighted by Gasteiger charge is 2.19. The van der Waals surface area contributed by atoms with Crippen LogP contribution < -0.4 is 15.4 Å². The zero-order chi connectivity index (χ0) is 21.5. The molecule has 0 aliphatic carbocycles. The highest BCUT2D eigenvalue weighted by Crippen LogP contribution is 2.21. The normalized spacial score (nSPS) is 10.2. The summed E-state index contributed by atoms with van der Waals surface area (Å²) >= 11 is 0. The number of methoxy groups -OCH3 is 2. The molecule has 0 aliphatic heterocycles. The maximum atomic E-state index is 12.7. The number of para-hydroxylation sites is 1. The molecule has 9 heteroatoms. The van der Waals surface area contributed by atoms with E-state index in [-0.39, 0.29) is 17.8 Å². The molecule has 3 aromatic rings. The number of nitrogens with zero attached hydrogens (tertiary/aromatic N) is 2. The van der Waals surface area contributed by atoms with Crippen LogP contribution in [0.25, 0.3) is 5.69 Å². The highest BCUT2D eigenvalue weighted by molar-refractivity contribution is 6.05. The Labute approximate surface area is 172 Å². The molecule has 0 bridgehead atoms. The number of hydrogen-bond donors (Lipinski definition) is 2. The quantitative estimate of drug-likeness (QED) is 0.579. The summed E-state index contributed by atoms with van der Waals surface area (Å²) in [5, 5.41) is 9.45. The van der Waals surface area contributed by atoms with Crippen molar-refractivity contribution in [1.82, 2.24) is 15.1 Å². The van der Waals surface area contributed by atoms with Crippen LogP contribution in [0.1, 0.15) is 20.8 Å². The molecular weight excluding hydrogens is 388 g/mol. The van der Waals surface area contributed by atoms with Gasteiger partial charge in [-0.25, -0.2) is 4.68 Å². The van der Waals surface area contributed by atoms with E-state index in [9.17, 15) is 14.4 Å². The minimum Gasteiger partial charge on any atom is -0.493 e. The average molecular weight is 408 g/mol. The number of hydrogen-bond acceptors (Lipinski definition) is 6. The Morgan fingerprint density at radius 1 is 1.00 bits per heavy atom. The van der Waals surface area contributed by atoms with E-state index in [0.29, 0.717) is 11.4 Å². The molecule has 0 saturated carbocycles. The summed E-state index contributed by atoms with van der Waals surface area (Å²) in [6.45, 7) is -0.250. The Balaban J connectivity index is 1.76. The van der Waals surface area contributed by atoms with Gasteiger partial charge in [-0.3, -0.25) is 14.4 Å². The Kier molecular flexibility index (Phi) is 6.43. The first-order chi connectivity index (χ1) is 14.5. The number of aromatic nitrogens is 2. The van der Waals surface area contributed by atoms with E-state index in [1.54, 1.807) is 29.1 Å². The third-order valence-corrected chi connectivity index (χ3v) is 4.14. The molecule has 0 aliphatic rings. The van der Waals surface area contributed by atoms with Gasteiger partial charge in [0.25, 0.3) is 11.8 Å². The van der Waals surface area contributed by atoms with Gasteiger partial charge in [-0.2, -0.15) is 5.10 Å². The number of anilines is 1. The molecule has 0 fully saturated rings. The summed E-state index contributed by atoms with van der Waals surface area (Å²) in [5.41, 5.74) is 1.54. The maximum Gasteiger partial charge on any atom is 0.325 e. The van der Waals surface area contributed by atoms with E-state index in [4.69, 9.17) is 4.74 Å². The summed E-state index contributed by atoms with van der Waals surface area (Å²) in [4.78, 5) is 36.1. The van der Waals surface area contributed by atoms with Gasteiger partial charge in [0.05, 0.1) is 26.1 Å². The second-order valence-electron chi connectivity index (χ2n) is 6.12. The van der Waals surface area contributed by atoms with E-state index < -0.39 is 17.8 Å². The Hall–Kier alpha value is -4.14. The third-order valence-electron chi connectivity index (χ3n) is 4.14. The Bertz CT molecular complexity index is 1060. The molecule has 0 atom stereocenters. The molecule has 1 heterocycles. The lowest BCUT2D eigenvalue weighted by Crippen LogP contribution is -2.30. The molecule has 0 unspecified atom stereocenters. The van der Waals surface area contributed by atoms with Crippen LogP contribution in [-0.2, 0) is 9.53 Å². The lowest BCUT2D eigenvalue weighted by atomic mass is 10.2. The number of esters is 1. The fourth-order valence-corrected chi connectivity index (χ4v) is 2.63. The van der Waals surface area contributed by atoms with Gasteiger partial charge in [-0.15, -0.1) is 0 Å². The number of rotatable bonds is 7. The third kappa shape index (κ3) is 4.82. The van der Waals surface area contributed by atoms with Gasteiger partial charge in [-0.1, -0.05) is 24.3 Å². The molecule has 9 nitrogen and oxygen atoms in total. The number of amides is 2. The van der Waals surface area contributed by atoms with E-state index in [2.05, 4.69) is 20.5 Å². The van der Waals surface area contributed by atoms with Crippen molar-refractivity contribution in [3.63, 3.8) is 0 Å². The fourth-order valence-electron chi connectivity index (χ4n) is 2.63. The lowest BCUT2D eigenvalue weighted by Gasteiger charge is -2.08. The monoisotopic (exact) mass is 408 g/mol. The number of benzene rings is 2. The van der Waals surface area contributed by atoms with E-state index in [1.807, 2.05) is 30.3 Å². The van der Waals surface area contributed by atoms with Crippen LogP contribution in [-0.4, -0.2) is 48.3 Å². The largest absolute Gasteiger partial charge is 0.493 e. The van der Waals surface area contributed by atoms with Crippen LogP contribution in [0.4, 0.5) is 5.69 Å². The predicted molar refractivity (Wildman–Crippen MR) is 109 cm³/mol. The van der Waals surface area contributed by atoms with Gasteiger partial charge in [0.15, 0.2) is 11.4 Å².